The predicted octanol–water partition coefficient (Wildman–Crippen LogP) is 3.57. The molecule has 0 saturated heterocycles. The normalized spacial score (nSPS) is 10.0. The molecule has 2 aromatic rings. The monoisotopic (exact) mass is 408 g/mol. The molecule has 0 spiro atoms. The maximum absolute atomic E-state index is 12.3. The van der Waals surface area contributed by atoms with Gasteiger partial charge in [0.25, 0.3) is 5.91 Å². The lowest BCUT2D eigenvalue weighted by atomic mass is 10.2. The van der Waals surface area contributed by atoms with Crippen LogP contribution in [0.3, 0.4) is 0 Å². The molecule has 0 unspecified atom stereocenters. The zero-order valence-electron chi connectivity index (χ0n) is 14.5. The molecule has 9 heteroatoms. The quantitative estimate of drug-likeness (QED) is 0.628. The number of halogens is 1. The summed E-state index contributed by atoms with van der Waals surface area (Å²) in [5, 5.41) is 14.4. The molecule has 0 aliphatic carbocycles. The van der Waals surface area contributed by atoms with Crippen LogP contribution >= 0.6 is 23.8 Å². The van der Waals surface area contributed by atoms with Gasteiger partial charge in [0, 0.05) is 5.56 Å². The van der Waals surface area contributed by atoms with Crippen molar-refractivity contribution >= 4 is 46.5 Å². The van der Waals surface area contributed by atoms with Crippen molar-refractivity contribution in [3.05, 3.63) is 52.5 Å². The lowest BCUT2D eigenvalue weighted by molar-refractivity contribution is 0.0696. The summed E-state index contributed by atoms with van der Waals surface area (Å²) in [6.07, 6.45) is 0. The van der Waals surface area contributed by atoms with Gasteiger partial charge in [-0.2, -0.15) is 0 Å². The van der Waals surface area contributed by atoms with Crippen molar-refractivity contribution in [1.82, 2.24) is 5.32 Å². The first kappa shape index (κ1) is 20.5. The summed E-state index contributed by atoms with van der Waals surface area (Å²) in [4.78, 5) is 23.5. The molecule has 1 amide bonds. The van der Waals surface area contributed by atoms with Crippen molar-refractivity contribution in [2.45, 2.75) is 6.92 Å². The van der Waals surface area contributed by atoms with Crippen LogP contribution in [-0.4, -0.2) is 35.8 Å². The number of aromatic carboxylic acids is 1. The number of amides is 1. The number of hydrogen-bond acceptors (Lipinski definition) is 5. The lowest BCUT2D eigenvalue weighted by Crippen LogP contribution is -2.34. The van der Waals surface area contributed by atoms with Gasteiger partial charge in [-0.05, 0) is 55.5 Å². The number of thiocarbonyl (C=S) groups is 1. The molecule has 27 heavy (non-hydrogen) atoms. The third-order valence-corrected chi connectivity index (χ3v) is 3.88. The molecular formula is C18H17ClN2O5S. The fourth-order valence-electron chi connectivity index (χ4n) is 2.22. The van der Waals surface area contributed by atoms with E-state index >= 15 is 0 Å². The molecule has 7 nitrogen and oxygen atoms in total. The highest BCUT2D eigenvalue weighted by Crippen LogP contribution is 2.34. The van der Waals surface area contributed by atoms with Gasteiger partial charge in [-0.25, -0.2) is 4.79 Å². The molecule has 0 aromatic heterocycles. The fraction of sp³-hybridized carbons (Fsp3) is 0.167. The maximum atomic E-state index is 12.3. The zero-order valence-corrected chi connectivity index (χ0v) is 16.1. The highest BCUT2D eigenvalue weighted by atomic mass is 35.5. The van der Waals surface area contributed by atoms with Crippen molar-refractivity contribution in [1.29, 1.82) is 0 Å². The minimum atomic E-state index is -1.16. The third kappa shape index (κ3) is 5.32. The van der Waals surface area contributed by atoms with Crippen LogP contribution in [0.2, 0.25) is 5.02 Å². The van der Waals surface area contributed by atoms with Crippen LogP contribution in [-0.2, 0) is 0 Å². The van der Waals surface area contributed by atoms with Crippen molar-refractivity contribution in [2.24, 2.45) is 0 Å². The Balaban J connectivity index is 2.12. The van der Waals surface area contributed by atoms with E-state index in [-0.39, 0.29) is 27.1 Å². The van der Waals surface area contributed by atoms with E-state index in [0.29, 0.717) is 17.9 Å². The summed E-state index contributed by atoms with van der Waals surface area (Å²) >= 11 is 11.2. The van der Waals surface area contributed by atoms with Crippen molar-refractivity contribution in [3.63, 3.8) is 0 Å². The van der Waals surface area contributed by atoms with E-state index in [9.17, 15) is 9.59 Å². The molecular weight excluding hydrogens is 392 g/mol. The Morgan fingerprint density at radius 2 is 1.85 bits per heavy atom. The number of carboxylic acids is 1. The Hall–Kier alpha value is -2.84. The SMILES string of the molecule is CCOc1ccc(C(=O)NC(=S)Nc2cc(C(=O)O)cc(Cl)c2OC)cc1. The molecule has 2 rings (SSSR count). The van der Waals surface area contributed by atoms with E-state index < -0.39 is 11.9 Å². The van der Waals surface area contributed by atoms with E-state index in [1.54, 1.807) is 24.3 Å². The van der Waals surface area contributed by atoms with E-state index in [0.717, 1.165) is 0 Å². The first-order chi connectivity index (χ1) is 12.8. The number of benzene rings is 2. The number of rotatable bonds is 6. The van der Waals surface area contributed by atoms with Crippen LogP contribution in [0.15, 0.2) is 36.4 Å². The second-order valence-corrected chi connectivity index (χ2v) is 6.03. The number of hydrogen-bond donors (Lipinski definition) is 3. The molecule has 2 aromatic carbocycles. The number of anilines is 1. The number of carbonyl (C=O) groups is 2. The molecule has 0 heterocycles. The molecule has 0 bridgehead atoms. The zero-order chi connectivity index (χ0) is 20.0. The van der Waals surface area contributed by atoms with Crippen molar-refractivity contribution in [3.8, 4) is 11.5 Å². The Morgan fingerprint density at radius 3 is 2.41 bits per heavy atom. The van der Waals surface area contributed by atoms with Crippen LogP contribution < -0.4 is 20.1 Å². The number of carbonyl (C=O) groups excluding carboxylic acids is 1. The number of carboxylic acid groups (broad SMARTS) is 1. The van der Waals surface area contributed by atoms with Crippen LogP contribution in [0, 0.1) is 0 Å². The number of ether oxygens (including phenoxy) is 2. The van der Waals surface area contributed by atoms with Gasteiger partial charge >= 0.3 is 5.97 Å². The summed E-state index contributed by atoms with van der Waals surface area (Å²) in [5.74, 6) is -0.735. The predicted molar refractivity (Wildman–Crippen MR) is 106 cm³/mol. The maximum Gasteiger partial charge on any atom is 0.335 e. The van der Waals surface area contributed by atoms with Gasteiger partial charge in [-0.3, -0.25) is 10.1 Å². The van der Waals surface area contributed by atoms with Gasteiger partial charge in [0.1, 0.15) is 5.75 Å². The van der Waals surface area contributed by atoms with E-state index in [2.05, 4.69) is 10.6 Å². The summed E-state index contributed by atoms with van der Waals surface area (Å²) in [6.45, 7) is 2.39. The van der Waals surface area contributed by atoms with Gasteiger partial charge in [-0.15, -0.1) is 0 Å². The van der Waals surface area contributed by atoms with E-state index in [4.69, 9.17) is 38.4 Å². The van der Waals surface area contributed by atoms with Gasteiger partial charge in [-0.1, -0.05) is 11.6 Å². The molecule has 0 saturated carbocycles. The Kier molecular flexibility index (Phi) is 6.98. The van der Waals surface area contributed by atoms with Crippen LogP contribution in [0.1, 0.15) is 27.6 Å². The van der Waals surface area contributed by atoms with Crippen LogP contribution in [0.25, 0.3) is 0 Å². The number of nitrogens with one attached hydrogen (secondary N) is 2. The number of methoxy groups -OCH3 is 1. The smallest absolute Gasteiger partial charge is 0.335 e. The molecule has 142 valence electrons. The summed E-state index contributed by atoms with van der Waals surface area (Å²) in [5.41, 5.74) is 0.551. The molecule has 0 aliphatic heterocycles. The van der Waals surface area contributed by atoms with Crippen LogP contribution in [0.5, 0.6) is 11.5 Å². The molecule has 3 N–H and O–H groups in total. The van der Waals surface area contributed by atoms with Crippen molar-refractivity contribution < 1.29 is 24.2 Å². The summed E-state index contributed by atoms with van der Waals surface area (Å²) in [6, 6.07) is 9.12. The first-order valence-electron chi connectivity index (χ1n) is 7.81. The summed E-state index contributed by atoms with van der Waals surface area (Å²) in [7, 11) is 1.38. The third-order valence-electron chi connectivity index (χ3n) is 3.40. The lowest BCUT2D eigenvalue weighted by Gasteiger charge is -2.15. The highest BCUT2D eigenvalue weighted by molar-refractivity contribution is 7.80. The fourth-order valence-corrected chi connectivity index (χ4v) is 2.71. The Labute approximate surface area is 166 Å². The minimum Gasteiger partial charge on any atom is -0.494 e. The van der Waals surface area contributed by atoms with Crippen molar-refractivity contribution in [2.75, 3.05) is 19.0 Å². The second kappa shape index (κ2) is 9.20. The molecule has 0 radical (unpaired) electrons. The highest BCUT2D eigenvalue weighted by Gasteiger charge is 2.16. The minimum absolute atomic E-state index is 0.0363. The average molecular weight is 409 g/mol. The first-order valence-corrected chi connectivity index (χ1v) is 8.60. The van der Waals surface area contributed by atoms with Gasteiger partial charge in [0.2, 0.25) is 0 Å². The Morgan fingerprint density at radius 1 is 1.19 bits per heavy atom. The van der Waals surface area contributed by atoms with Crippen LogP contribution in [0.4, 0.5) is 5.69 Å². The average Bonchev–Trinajstić information content (AvgIpc) is 2.62. The molecule has 0 atom stereocenters. The van der Waals surface area contributed by atoms with E-state index in [1.807, 2.05) is 6.92 Å². The van der Waals surface area contributed by atoms with Gasteiger partial charge in [0.05, 0.1) is 30.0 Å². The standard InChI is InChI=1S/C18H17ClN2O5S/c1-3-26-12-6-4-10(5-7-12)16(22)21-18(27)20-14-9-11(17(23)24)8-13(19)15(14)25-2/h4-9H,3H2,1-2H3,(H,23,24)(H2,20,21,22,27). The van der Waals surface area contributed by atoms with E-state index in [1.165, 1.54) is 19.2 Å². The van der Waals surface area contributed by atoms with Gasteiger partial charge < -0.3 is 19.9 Å². The van der Waals surface area contributed by atoms with Gasteiger partial charge in [0.15, 0.2) is 10.9 Å². The second-order valence-electron chi connectivity index (χ2n) is 5.21. The largest absolute Gasteiger partial charge is 0.494 e. The topological polar surface area (TPSA) is 96.9 Å². The summed E-state index contributed by atoms with van der Waals surface area (Å²) < 4.78 is 10.5. The Bertz CT molecular complexity index is 871. The molecule has 0 aliphatic rings. The molecule has 0 fully saturated rings.